The van der Waals surface area contributed by atoms with Crippen LogP contribution in [-0.2, 0) is 6.54 Å². The highest BCUT2D eigenvalue weighted by Crippen LogP contribution is 2.26. The quantitative estimate of drug-likeness (QED) is 0.381. The average molecular weight is 266 g/mol. The van der Waals surface area contributed by atoms with Gasteiger partial charge in [0.25, 0.3) is 0 Å². The summed E-state index contributed by atoms with van der Waals surface area (Å²) in [4.78, 5) is 21.9. The van der Waals surface area contributed by atoms with Crippen LogP contribution >= 0.6 is 0 Å². The van der Waals surface area contributed by atoms with Gasteiger partial charge in [0.2, 0.25) is 18.2 Å². The molecule has 100 valence electrons. The standard InChI is InChI=1S/C8H10N8O3/c1-4-6(16(17)18)7(13-8(12-4)14-9)10-2-5-11-3-19-15-5/h3H,2,9H2,1H3,(H2,10,12,13,14). The van der Waals surface area contributed by atoms with E-state index >= 15 is 0 Å². The van der Waals surface area contributed by atoms with E-state index < -0.39 is 4.92 Å². The molecule has 0 aliphatic heterocycles. The predicted molar refractivity (Wildman–Crippen MR) is 62.9 cm³/mol. The first-order valence-corrected chi connectivity index (χ1v) is 5.10. The number of nitrogens with two attached hydrogens (primary N) is 1. The molecule has 0 aliphatic carbocycles. The van der Waals surface area contributed by atoms with E-state index in [-0.39, 0.29) is 29.7 Å². The molecule has 0 saturated heterocycles. The van der Waals surface area contributed by atoms with Crippen molar-refractivity contribution in [2.24, 2.45) is 5.84 Å². The minimum Gasteiger partial charge on any atom is -0.357 e. The number of nitro groups is 1. The van der Waals surface area contributed by atoms with Crippen molar-refractivity contribution >= 4 is 17.5 Å². The summed E-state index contributed by atoms with van der Waals surface area (Å²) in [5.41, 5.74) is 2.18. The van der Waals surface area contributed by atoms with Crippen molar-refractivity contribution in [3.05, 3.63) is 28.0 Å². The Kier molecular flexibility index (Phi) is 3.47. The molecule has 2 aromatic heterocycles. The van der Waals surface area contributed by atoms with Gasteiger partial charge in [-0.25, -0.2) is 10.8 Å². The van der Waals surface area contributed by atoms with E-state index in [0.717, 1.165) is 6.39 Å². The highest BCUT2D eigenvalue weighted by molar-refractivity contribution is 5.60. The third kappa shape index (κ3) is 2.71. The molecule has 0 aromatic carbocycles. The topological polar surface area (TPSA) is 158 Å². The van der Waals surface area contributed by atoms with E-state index in [2.05, 4.69) is 35.4 Å². The van der Waals surface area contributed by atoms with Gasteiger partial charge in [-0.2, -0.15) is 9.97 Å². The molecular weight excluding hydrogens is 256 g/mol. The third-order valence-electron chi connectivity index (χ3n) is 2.19. The zero-order chi connectivity index (χ0) is 13.8. The van der Waals surface area contributed by atoms with Gasteiger partial charge in [-0.1, -0.05) is 5.16 Å². The van der Waals surface area contributed by atoms with Crippen LogP contribution in [0.15, 0.2) is 10.9 Å². The minimum atomic E-state index is -0.575. The summed E-state index contributed by atoms with van der Waals surface area (Å²) in [6.45, 7) is 1.61. The fourth-order valence-electron chi connectivity index (χ4n) is 1.41. The lowest BCUT2D eigenvalue weighted by Gasteiger charge is -2.07. The van der Waals surface area contributed by atoms with Gasteiger partial charge in [-0.3, -0.25) is 15.5 Å². The van der Waals surface area contributed by atoms with E-state index in [1.165, 1.54) is 6.92 Å². The van der Waals surface area contributed by atoms with Gasteiger partial charge < -0.3 is 9.84 Å². The number of nitrogens with zero attached hydrogens (tertiary/aromatic N) is 5. The second kappa shape index (κ2) is 5.22. The second-order valence-electron chi connectivity index (χ2n) is 3.43. The molecular formula is C8H10N8O3. The zero-order valence-corrected chi connectivity index (χ0v) is 9.82. The summed E-state index contributed by atoms with van der Waals surface area (Å²) >= 11 is 0. The highest BCUT2D eigenvalue weighted by Gasteiger charge is 2.22. The fourth-order valence-corrected chi connectivity index (χ4v) is 1.41. The largest absolute Gasteiger partial charge is 0.357 e. The number of aromatic nitrogens is 4. The van der Waals surface area contributed by atoms with Crippen LogP contribution in [0.1, 0.15) is 11.5 Å². The van der Waals surface area contributed by atoms with Crippen LogP contribution in [0.2, 0.25) is 0 Å². The molecule has 2 heterocycles. The van der Waals surface area contributed by atoms with Crippen molar-refractivity contribution in [2.75, 3.05) is 10.7 Å². The van der Waals surface area contributed by atoms with Crippen LogP contribution in [0.5, 0.6) is 0 Å². The Morgan fingerprint density at radius 2 is 2.32 bits per heavy atom. The summed E-state index contributed by atoms with van der Waals surface area (Å²) in [7, 11) is 0. The first kappa shape index (κ1) is 12.6. The Morgan fingerprint density at radius 1 is 1.53 bits per heavy atom. The zero-order valence-electron chi connectivity index (χ0n) is 9.82. The maximum atomic E-state index is 11.0. The summed E-state index contributed by atoms with van der Waals surface area (Å²) in [6.07, 6.45) is 1.16. The van der Waals surface area contributed by atoms with E-state index in [1.54, 1.807) is 0 Å². The summed E-state index contributed by atoms with van der Waals surface area (Å²) < 4.78 is 4.55. The molecule has 0 spiro atoms. The molecule has 19 heavy (non-hydrogen) atoms. The lowest BCUT2D eigenvalue weighted by atomic mass is 10.3. The number of nitrogens with one attached hydrogen (secondary N) is 2. The lowest BCUT2D eigenvalue weighted by molar-refractivity contribution is -0.385. The molecule has 2 aromatic rings. The Labute approximate surface area is 106 Å². The summed E-state index contributed by atoms with van der Waals surface area (Å²) in [6, 6.07) is 0. The van der Waals surface area contributed by atoms with E-state index in [0.29, 0.717) is 5.82 Å². The first-order valence-electron chi connectivity index (χ1n) is 5.10. The molecule has 0 atom stereocenters. The Hall–Kier alpha value is -2.82. The van der Waals surface area contributed by atoms with Crippen molar-refractivity contribution in [1.29, 1.82) is 0 Å². The fraction of sp³-hybridized carbons (Fsp3) is 0.250. The molecule has 0 amide bonds. The SMILES string of the molecule is Cc1nc(NN)nc(NCc2ncon2)c1[N+](=O)[O-]. The number of hydrazine groups is 1. The molecule has 2 rings (SSSR count). The minimum absolute atomic E-state index is 0.0234. The van der Waals surface area contributed by atoms with E-state index in [9.17, 15) is 10.1 Å². The number of anilines is 2. The van der Waals surface area contributed by atoms with Gasteiger partial charge in [0.15, 0.2) is 5.82 Å². The van der Waals surface area contributed by atoms with Gasteiger partial charge in [0.05, 0.1) is 11.5 Å². The molecule has 11 heteroatoms. The van der Waals surface area contributed by atoms with Gasteiger partial charge in [-0.15, -0.1) is 0 Å². The monoisotopic (exact) mass is 266 g/mol. The smallest absolute Gasteiger partial charge is 0.332 e. The number of hydrogen-bond donors (Lipinski definition) is 3. The van der Waals surface area contributed by atoms with E-state index in [1.807, 2.05) is 0 Å². The summed E-state index contributed by atoms with van der Waals surface area (Å²) in [5.74, 6) is 5.62. The molecule has 4 N–H and O–H groups in total. The van der Waals surface area contributed by atoms with Crippen LogP contribution in [0.4, 0.5) is 17.5 Å². The second-order valence-corrected chi connectivity index (χ2v) is 3.43. The van der Waals surface area contributed by atoms with Crippen LogP contribution in [0.3, 0.4) is 0 Å². The number of rotatable bonds is 5. The maximum Gasteiger partial charge on any atom is 0.332 e. The molecule has 0 radical (unpaired) electrons. The van der Waals surface area contributed by atoms with Crippen LogP contribution in [0.25, 0.3) is 0 Å². The van der Waals surface area contributed by atoms with Crippen LogP contribution in [-0.4, -0.2) is 25.0 Å². The average Bonchev–Trinajstić information content (AvgIpc) is 2.88. The number of nitrogen functional groups attached to an aromatic ring is 1. The Morgan fingerprint density at radius 3 is 2.89 bits per heavy atom. The van der Waals surface area contributed by atoms with Crippen molar-refractivity contribution < 1.29 is 9.45 Å². The van der Waals surface area contributed by atoms with E-state index in [4.69, 9.17) is 5.84 Å². The van der Waals surface area contributed by atoms with Gasteiger partial charge in [-0.05, 0) is 6.92 Å². The lowest BCUT2D eigenvalue weighted by Crippen LogP contribution is -2.14. The molecule has 0 saturated carbocycles. The number of aryl methyl sites for hydroxylation is 1. The first-order chi connectivity index (χ1) is 9.11. The normalized spacial score (nSPS) is 10.2. The van der Waals surface area contributed by atoms with Gasteiger partial charge in [0, 0.05) is 0 Å². The predicted octanol–water partition coefficient (Wildman–Crippen LogP) is -0.0261. The molecule has 0 aliphatic rings. The highest BCUT2D eigenvalue weighted by atomic mass is 16.6. The van der Waals surface area contributed by atoms with Crippen molar-refractivity contribution in [2.45, 2.75) is 13.5 Å². The Balaban J connectivity index is 2.30. The van der Waals surface area contributed by atoms with Crippen molar-refractivity contribution in [3.8, 4) is 0 Å². The summed E-state index contributed by atoms with van der Waals surface area (Å²) in [5, 5.41) is 17.3. The van der Waals surface area contributed by atoms with Crippen molar-refractivity contribution in [1.82, 2.24) is 20.1 Å². The molecule has 0 unspecified atom stereocenters. The van der Waals surface area contributed by atoms with Gasteiger partial charge >= 0.3 is 5.69 Å². The third-order valence-corrected chi connectivity index (χ3v) is 2.19. The van der Waals surface area contributed by atoms with Gasteiger partial charge in [0.1, 0.15) is 5.69 Å². The molecule has 0 bridgehead atoms. The molecule has 0 fully saturated rings. The maximum absolute atomic E-state index is 11.0. The van der Waals surface area contributed by atoms with Crippen LogP contribution in [0, 0.1) is 17.0 Å². The molecule has 11 nitrogen and oxygen atoms in total. The Bertz CT molecular complexity index is 584. The number of hydrogen-bond acceptors (Lipinski definition) is 10. The van der Waals surface area contributed by atoms with Crippen molar-refractivity contribution in [3.63, 3.8) is 0 Å². The van der Waals surface area contributed by atoms with Crippen LogP contribution < -0.4 is 16.6 Å².